The minimum atomic E-state index is -0.530. The van der Waals surface area contributed by atoms with Crippen molar-refractivity contribution in [2.24, 2.45) is 0 Å². The minimum absolute atomic E-state index is 0.399. The summed E-state index contributed by atoms with van der Waals surface area (Å²) in [4.78, 5) is 0. The molecular weight excluding hydrogens is 280 g/mol. The Morgan fingerprint density at radius 2 is 1.95 bits per heavy atom. The zero-order chi connectivity index (χ0) is 14.7. The molecule has 1 aromatic heterocycles. The van der Waals surface area contributed by atoms with Gasteiger partial charge in [-0.3, -0.25) is 0 Å². The van der Waals surface area contributed by atoms with Crippen LogP contribution >= 0.6 is 11.3 Å². The first-order valence-corrected chi connectivity index (χ1v) is 8.93. The molecule has 0 radical (unpaired) electrons. The van der Waals surface area contributed by atoms with Gasteiger partial charge in [0.05, 0.1) is 5.60 Å². The van der Waals surface area contributed by atoms with Crippen LogP contribution in [-0.4, -0.2) is 17.3 Å². The molecule has 0 aliphatic heterocycles. The molecule has 3 rings (SSSR count). The van der Waals surface area contributed by atoms with Crippen LogP contribution in [0, 0.1) is 0 Å². The van der Waals surface area contributed by atoms with Crippen LogP contribution < -0.4 is 0 Å². The van der Waals surface area contributed by atoms with Gasteiger partial charge in [-0.2, -0.15) is 0 Å². The lowest BCUT2D eigenvalue weighted by atomic mass is 9.84. The predicted molar refractivity (Wildman–Crippen MR) is 88.8 cm³/mol. The monoisotopic (exact) mass is 304 g/mol. The minimum Gasteiger partial charge on any atom is -0.385 e. The van der Waals surface area contributed by atoms with Gasteiger partial charge in [0.25, 0.3) is 0 Å². The fourth-order valence-electron chi connectivity index (χ4n) is 3.63. The topological polar surface area (TPSA) is 29.5 Å². The van der Waals surface area contributed by atoms with E-state index < -0.39 is 11.7 Å². The van der Waals surface area contributed by atoms with Crippen molar-refractivity contribution in [2.45, 2.75) is 57.2 Å². The number of ether oxygens (including phenoxy) is 1. The maximum Gasteiger partial charge on any atom is 0.109 e. The molecule has 21 heavy (non-hydrogen) atoms. The van der Waals surface area contributed by atoms with Crippen molar-refractivity contribution in [3.8, 4) is 0 Å². The van der Waals surface area contributed by atoms with Gasteiger partial charge in [0.2, 0.25) is 0 Å². The van der Waals surface area contributed by atoms with Gasteiger partial charge < -0.3 is 9.84 Å². The number of hydrogen-bond acceptors (Lipinski definition) is 3. The first-order chi connectivity index (χ1) is 10.3. The zero-order valence-electron chi connectivity index (χ0n) is 12.7. The maximum absolute atomic E-state index is 11.1. The van der Waals surface area contributed by atoms with E-state index in [-0.39, 0.29) is 0 Å². The third kappa shape index (κ3) is 2.87. The van der Waals surface area contributed by atoms with Gasteiger partial charge in [-0.05, 0) is 36.6 Å². The summed E-state index contributed by atoms with van der Waals surface area (Å²) in [5.74, 6) is 0. The smallest absolute Gasteiger partial charge is 0.109 e. The van der Waals surface area contributed by atoms with Crippen molar-refractivity contribution < 1.29 is 9.84 Å². The molecule has 0 amide bonds. The summed E-state index contributed by atoms with van der Waals surface area (Å²) in [5, 5.41) is 14.5. The molecule has 1 unspecified atom stereocenters. The zero-order valence-corrected chi connectivity index (χ0v) is 13.5. The number of aliphatic hydroxyl groups is 1. The average Bonchev–Trinajstić information content (AvgIpc) is 2.86. The Kier molecular flexibility index (Phi) is 4.63. The fourth-order valence-corrected chi connectivity index (χ4v) is 4.56. The summed E-state index contributed by atoms with van der Waals surface area (Å²) in [6.07, 6.45) is 6.20. The summed E-state index contributed by atoms with van der Waals surface area (Å²) in [7, 11) is 0. The van der Waals surface area contributed by atoms with Gasteiger partial charge in [-0.25, -0.2) is 0 Å². The number of rotatable bonds is 4. The van der Waals surface area contributed by atoms with Crippen LogP contribution in [0.15, 0.2) is 29.6 Å². The molecule has 1 fully saturated rings. The number of benzene rings is 1. The molecule has 1 atom stereocenters. The van der Waals surface area contributed by atoms with Crippen molar-refractivity contribution in [2.75, 3.05) is 6.61 Å². The van der Waals surface area contributed by atoms with Gasteiger partial charge >= 0.3 is 0 Å². The van der Waals surface area contributed by atoms with Crippen molar-refractivity contribution in [3.63, 3.8) is 0 Å². The molecule has 1 saturated carbocycles. The molecule has 1 aliphatic carbocycles. The lowest BCUT2D eigenvalue weighted by Gasteiger charge is -2.37. The van der Waals surface area contributed by atoms with Crippen molar-refractivity contribution in [1.82, 2.24) is 0 Å². The Hall–Kier alpha value is -0.900. The SMILES string of the molecule is CCOC1(C(O)c2cccc3ccsc23)CCCCCC1. The third-order valence-corrected chi connectivity index (χ3v) is 5.66. The maximum atomic E-state index is 11.1. The van der Waals surface area contributed by atoms with E-state index >= 15 is 0 Å². The molecule has 1 aliphatic rings. The predicted octanol–water partition coefficient (Wildman–Crippen LogP) is 5.06. The lowest BCUT2D eigenvalue weighted by molar-refractivity contribution is -0.130. The quantitative estimate of drug-likeness (QED) is 0.800. The number of thiophene rings is 1. The van der Waals surface area contributed by atoms with Crippen molar-refractivity contribution >= 4 is 21.4 Å². The van der Waals surface area contributed by atoms with Gasteiger partial charge in [0.1, 0.15) is 6.10 Å². The highest BCUT2D eigenvalue weighted by atomic mass is 32.1. The standard InChI is InChI=1S/C18H24O2S/c1-2-20-18(11-5-3-4-6-12-18)17(19)15-9-7-8-14-10-13-21-16(14)15/h7-10,13,17,19H,2-6,11-12H2,1H3. The second kappa shape index (κ2) is 6.47. The second-order valence-corrected chi connectivity index (χ2v) is 6.92. The largest absolute Gasteiger partial charge is 0.385 e. The third-order valence-electron chi connectivity index (χ3n) is 4.68. The molecule has 2 nitrogen and oxygen atoms in total. The van der Waals surface area contributed by atoms with Gasteiger partial charge in [-0.15, -0.1) is 11.3 Å². The van der Waals surface area contributed by atoms with Gasteiger partial charge in [0.15, 0.2) is 0 Å². The Bertz CT molecular complexity index is 582. The van der Waals surface area contributed by atoms with Crippen molar-refractivity contribution in [1.29, 1.82) is 0 Å². The van der Waals surface area contributed by atoms with Crippen LogP contribution in [0.1, 0.15) is 57.1 Å². The molecule has 0 spiro atoms. The molecule has 3 heteroatoms. The summed E-state index contributed by atoms with van der Waals surface area (Å²) in [5.41, 5.74) is 0.640. The first-order valence-electron chi connectivity index (χ1n) is 8.05. The van der Waals surface area contributed by atoms with E-state index in [1.54, 1.807) is 11.3 Å². The molecular formula is C18H24O2S. The molecule has 1 aromatic carbocycles. The summed E-state index contributed by atoms with van der Waals surface area (Å²) in [6.45, 7) is 2.70. The van der Waals surface area contributed by atoms with E-state index in [9.17, 15) is 5.11 Å². The second-order valence-electron chi connectivity index (χ2n) is 6.00. The average molecular weight is 304 g/mol. The Labute approximate surface area is 130 Å². The van der Waals surface area contributed by atoms with Gasteiger partial charge in [0, 0.05) is 16.9 Å². The van der Waals surface area contributed by atoms with Crippen LogP contribution in [0.5, 0.6) is 0 Å². The molecule has 1 heterocycles. The van der Waals surface area contributed by atoms with Crippen LogP contribution in [0.4, 0.5) is 0 Å². The Balaban J connectivity index is 2.00. The molecule has 2 aromatic rings. The van der Waals surface area contributed by atoms with Crippen LogP contribution in [0.2, 0.25) is 0 Å². The van der Waals surface area contributed by atoms with E-state index in [1.807, 2.05) is 13.0 Å². The molecule has 1 N–H and O–H groups in total. The van der Waals surface area contributed by atoms with Crippen LogP contribution in [0.3, 0.4) is 0 Å². The summed E-state index contributed by atoms with van der Waals surface area (Å²) < 4.78 is 7.35. The molecule has 114 valence electrons. The summed E-state index contributed by atoms with van der Waals surface area (Å²) in [6, 6.07) is 8.35. The lowest BCUT2D eigenvalue weighted by Crippen LogP contribution is -2.39. The Morgan fingerprint density at radius 3 is 2.67 bits per heavy atom. The van der Waals surface area contributed by atoms with Gasteiger partial charge in [-0.1, -0.05) is 43.9 Å². The number of fused-ring (bicyclic) bond motifs is 1. The number of hydrogen-bond donors (Lipinski definition) is 1. The molecule has 0 bridgehead atoms. The van der Waals surface area contributed by atoms with Crippen molar-refractivity contribution in [3.05, 3.63) is 35.2 Å². The highest BCUT2D eigenvalue weighted by Crippen LogP contribution is 2.43. The normalized spacial score (nSPS) is 20.3. The van der Waals surface area contributed by atoms with Crippen LogP contribution in [-0.2, 0) is 4.74 Å². The van der Waals surface area contributed by atoms with E-state index in [4.69, 9.17) is 4.74 Å². The van der Waals surface area contributed by atoms with E-state index in [0.717, 1.165) is 31.2 Å². The Morgan fingerprint density at radius 1 is 1.19 bits per heavy atom. The van der Waals surface area contributed by atoms with E-state index in [1.165, 1.54) is 22.9 Å². The van der Waals surface area contributed by atoms with Crippen LogP contribution in [0.25, 0.3) is 10.1 Å². The highest BCUT2D eigenvalue weighted by molar-refractivity contribution is 7.17. The number of aliphatic hydroxyl groups excluding tert-OH is 1. The van der Waals surface area contributed by atoms with E-state index in [2.05, 4.69) is 23.6 Å². The fraction of sp³-hybridized carbons (Fsp3) is 0.556. The molecule has 0 saturated heterocycles. The first kappa shape index (κ1) is 15.0. The summed E-state index contributed by atoms with van der Waals surface area (Å²) >= 11 is 1.71. The highest BCUT2D eigenvalue weighted by Gasteiger charge is 2.40. The van der Waals surface area contributed by atoms with E-state index in [0.29, 0.717) is 6.61 Å².